The van der Waals surface area contributed by atoms with Crippen LogP contribution in [0.3, 0.4) is 0 Å². The molecule has 0 radical (unpaired) electrons. The molecule has 1 aliphatic carbocycles. The maximum atomic E-state index is 4.72. The number of aromatic nitrogens is 1. The average Bonchev–Trinajstić information content (AvgIpc) is 2.38. The molecular weight excluding hydrogens is 194 g/mol. The summed E-state index contributed by atoms with van der Waals surface area (Å²) in [5.41, 5.74) is 5.20. The lowest BCUT2D eigenvalue weighted by atomic mass is 9.93. The molecule has 0 aliphatic heterocycles. The first-order valence-corrected chi connectivity index (χ1v) is 6.19. The lowest BCUT2D eigenvalue weighted by Gasteiger charge is -2.13. The van der Waals surface area contributed by atoms with E-state index in [0.29, 0.717) is 11.8 Å². The molecule has 0 fully saturated rings. The number of nitrogens with zero attached hydrogens (tertiary/aromatic N) is 1. The predicted octanol–water partition coefficient (Wildman–Crippen LogP) is 4.02. The van der Waals surface area contributed by atoms with E-state index in [1.54, 1.807) is 0 Å². The number of fused-ring (bicyclic) bond motifs is 1. The Bertz CT molecular complexity index is 406. The van der Waals surface area contributed by atoms with Crippen molar-refractivity contribution in [3.05, 3.63) is 41.2 Å². The van der Waals surface area contributed by atoms with Gasteiger partial charge in [-0.25, -0.2) is 0 Å². The third kappa shape index (κ3) is 2.18. The van der Waals surface area contributed by atoms with Gasteiger partial charge >= 0.3 is 0 Å². The van der Waals surface area contributed by atoms with E-state index < -0.39 is 0 Å². The molecule has 1 heterocycles. The lowest BCUT2D eigenvalue weighted by Crippen LogP contribution is -2.06. The maximum Gasteiger partial charge on any atom is 0.0447 e. The third-order valence-electron chi connectivity index (χ3n) is 3.76. The summed E-state index contributed by atoms with van der Waals surface area (Å²) < 4.78 is 0. The lowest BCUT2D eigenvalue weighted by molar-refractivity contribution is 0.525. The highest BCUT2D eigenvalue weighted by atomic mass is 14.7. The van der Waals surface area contributed by atoms with Crippen LogP contribution in [0.5, 0.6) is 0 Å². The highest BCUT2D eigenvalue weighted by Crippen LogP contribution is 2.34. The zero-order valence-electron chi connectivity index (χ0n) is 10.6. The van der Waals surface area contributed by atoms with Gasteiger partial charge < -0.3 is 0 Å². The van der Waals surface area contributed by atoms with Crippen molar-refractivity contribution < 1.29 is 0 Å². The van der Waals surface area contributed by atoms with Crippen molar-refractivity contribution >= 4 is 0 Å². The van der Waals surface area contributed by atoms with Gasteiger partial charge in [0.15, 0.2) is 0 Å². The Kier molecular flexibility index (Phi) is 3.13. The van der Waals surface area contributed by atoms with Gasteiger partial charge in [-0.3, -0.25) is 4.98 Å². The number of hydrogen-bond donors (Lipinski definition) is 0. The molecule has 0 aromatic carbocycles. The van der Waals surface area contributed by atoms with Crippen molar-refractivity contribution in [3.63, 3.8) is 0 Å². The van der Waals surface area contributed by atoms with E-state index in [1.807, 2.05) is 0 Å². The number of aryl methyl sites for hydroxylation is 1. The molecule has 0 bridgehead atoms. The Morgan fingerprint density at radius 1 is 1.38 bits per heavy atom. The number of rotatable bonds is 1. The van der Waals surface area contributed by atoms with Crippen LogP contribution in [-0.2, 0) is 6.42 Å². The molecule has 16 heavy (non-hydrogen) atoms. The second kappa shape index (κ2) is 4.40. The van der Waals surface area contributed by atoms with Crippen molar-refractivity contribution in [2.45, 2.75) is 46.0 Å². The first-order valence-electron chi connectivity index (χ1n) is 6.19. The number of hydrogen-bond acceptors (Lipinski definition) is 1. The molecule has 0 unspecified atom stereocenters. The minimum absolute atomic E-state index is 0.623. The largest absolute Gasteiger partial charge is 0.258 e. The topological polar surface area (TPSA) is 12.9 Å². The fraction of sp³-hybridized carbons (Fsp3) is 0.533. The van der Waals surface area contributed by atoms with Gasteiger partial charge in [-0.05, 0) is 56.6 Å². The van der Waals surface area contributed by atoms with Gasteiger partial charge in [0.1, 0.15) is 0 Å². The summed E-state index contributed by atoms with van der Waals surface area (Å²) in [6.45, 7) is 10.7. The minimum atomic E-state index is 0.623. The summed E-state index contributed by atoms with van der Waals surface area (Å²) in [6.07, 6.45) is 3.60. The van der Waals surface area contributed by atoms with Crippen molar-refractivity contribution in [3.8, 4) is 0 Å². The Labute approximate surface area is 98.6 Å². The minimum Gasteiger partial charge on any atom is -0.258 e. The first-order chi connectivity index (χ1) is 7.58. The van der Waals surface area contributed by atoms with Crippen molar-refractivity contribution in [1.29, 1.82) is 0 Å². The summed E-state index contributed by atoms with van der Waals surface area (Å²) in [5.74, 6) is 1.27. The Hall–Kier alpha value is -1.11. The van der Waals surface area contributed by atoms with Crippen LogP contribution in [0.2, 0.25) is 0 Å². The van der Waals surface area contributed by atoms with Gasteiger partial charge in [0.2, 0.25) is 0 Å². The highest BCUT2D eigenvalue weighted by molar-refractivity contribution is 5.28. The molecular formula is C15H21N. The standard InChI is InChI=1S/C15H21N/c1-10(2)13-7-5-11(3)14-8-6-12(4)16-15(14)9-13/h6,8,11,13H,1,5,7,9H2,2-4H3/t11-,13+/m0/s1. The van der Waals surface area contributed by atoms with E-state index >= 15 is 0 Å². The van der Waals surface area contributed by atoms with Gasteiger partial charge in [0.05, 0.1) is 0 Å². The van der Waals surface area contributed by atoms with E-state index in [9.17, 15) is 0 Å². The second-order valence-corrected chi connectivity index (χ2v) is 5.21. The van der Waals surface area contributed by atoms with Crippen molar-refractivity contribution in [2.24, 2.45) is 5.92 Å². The smallest absolute Gasteiger partial charge is 0.0447 e. The highest BCUT2D eigenvalue weighted by Gasteiger charge is 2.22. The molecule has 2 rings (SSSR count). The summed E-state index contributed by atoms with van der Waals surface area (Å²) in [7, 11) is 0. The molecule has 1 nitrogen and oxygen atoms in total. The molecule has 86 valence electrons. The first kappa shape index (κ1) is 11.4. The summed E-state index contributed by atoms with van der Waals surface area (Å²) in [5, 5.41) is 0. The molecule has 0 amide bonds. The number of pyridine rings is 1. The Balaban J connectivity index is 2.38. The van der Waals surface area contributed by atoms with Crippen LogP contribution < -0.4 is 0 Å². The van der Waals surface area contributed by atoms with Crippen molar-refractivity contribution in [2.75, 3.05) is 0 Å². The van der Waals surface area contributed by atoms with Crippen LogP contribution in [-0.4, -0.2) is 4.98 Å². The van der Waals surface area contributed by atoms with E-state index in [4.69, 9.17) is 4.98 Å². The van der Waals surface area contributed by atoms with Crippen LogP contribution in [0.15, 0.2) is 24.3 Å². The van der Waals surface area contributed by atoms with Gasteiger partial charge in [-0.15, -0.1) is 0 Å². The van der Waals surface area contributed by atoms with E-state index in [2.05, 4.69) is 39.5 Å². The van der Waals surface area contributed by atoms with E-state index in [1.165, 1.54) is 29.7 Å². The SMILES string of the molecule is C=C(C)[C@@H]1CC[C@H](C)c2ccc(C)nc2C1. The van der Waals surface area contributed by atoms with Crippen LogP contribution in [0, 0.1) is 12.8 Å². The van der Waals surface area contributed by atoms with Gasteiger partial charge in [0, 0.05) is 11.4 Å². The molecule has 1 aromatic heterocycles. The van der Waals surface area contributed by atoms with E-state index in [-0.39, 0.29) is 0 Å². The molecule has 0 saturated heterocycles. The van der Waals surface area contributed by atoms with Crippen LogP contribution in [0.4, 0.5) is 0 Å². The zero-order chi connectivity index (χ0) is 11.7. The maximum absolute atomic E-state index is 4.72. The van der Waals surface area contributed by atoms with Crippen LogP contribution in [0.1, 0.15) is 49.6 Å². The molecule has 1 aromatic rings. The Morgan fingerprint density at radius 3 is 2.81 bits per heavy atom. The molecule has 1 heteroatoms. The van der Waals surface area contributed by atoms with Gasteiger partial charge in [0.25, 0.3) is 0 Å². The summed E-state index contributed by atoms with van der Waals surface area (Å²) in [6, 6.07) is 4.40. The van der Waals surface area contributed by atoms with Gasteiger partial charge in [-0.2, -0.15) is 0 Å². The van der Waals surface area contributed by atoms with Crippen molar-refractivity contribution in [1.82, 2.24) is 4.98 Å². The zero-order valence-corrected chi connectivity index (χ0v) is 10.6. The van der Waals surface area contributed by atoms with E-state index in [0.717, 1.165) is 12.1 Å². The summed E-state index contributed by atoms with van der Waals surface area (Å²) >= 11 is 0. The quantitative estimate of drug-likeness (QED) is 0.509. The van der Waals surface area contributed by atoms with Crippen LogP contribution >= 0.6 is 0 Å². The molecule has 1 aliphatic rings. The Morgan fingerprint density at radius 2 is 2.12 bits per heavy atom. The molecule has 0 saturated carbocycles. The van der Waals surface area contributed by atoms with Crippen LogP contribution in [0.25, 0.3) is 0 Å². The third-order valence-corrected chi connectivity index (χ3v) is 3.76. The fourth-order valence-corrected chi connectivity index (χ4v) is 2.60. The average molecular weight is 215 g/mol. The predicted molar refractivity (Wildman–Crippen MR) is 68.6 cm³/mol. The number of allylic oxidation sites excluding steroid dienone is 1. The second-order valence-electron chi connectivity index (χ2n) is 5.21. The monoisotopic (exact) mass is 215 g/mol. The summed E-state index contributed by atoms with van der Waals surface area (Å²) in [4.78, 5) is 4.72. The van der Waals surface area contributed by atoms with Gasteiger partial charge in [-0.1, -0.05) is 25.1 Å². The molecule has 0 spiro atoms. The fourth-order valence-electron chi connectivity index (χ4n) is 2.60. The molecule has 2 atom stereocenters. The normalized spacial score (nSPS) is 24.7. The molecule has 0 N–H and O–H groups in total.